The average molecular weight is 129 g/mol. The van der Waals surface area contributed by atoms with E-state index < -0.39 is 0 Å². The maximum absolute atomic E-state index is 0. The summed E-state index contributed by atoms with van der Waals surface area (Å²) >= 11 is 0. The third-order valence-corrected chi connectivity index (χ3v) is 0. The molecule has 0 fully saturated rings. The predicted octanol–water partition coefficient (Wildman–Crippen LogP) is -7.42. The van der Waals surface area contributed by atoms with Gasteiger partial charge in [-0.3, -0.25) is 0 Å². The van der Waals surface area contributed by atoms with Gasteiger partial charge in [0.15, 0.2) is 0 Å². The van der Waals surface area contributed by atoms with E-state index in [0.29, 0.717) is 0 Å². The summed E-state index contributed by atoms with van der Waals surface area (Å²) in [5.74, 6) is 0. The van der Waals surface area contributed by atoms with E-state index in [-0.39, 0.29) is 104 Å². The van der Waals surface area contributed by atoms with Crippen molar-refractivity contribution in [3.05, 3.63) is 0 Å². The summed E-state index contributed by atoms with van der Waals surface area (Å²) in [6.45, 7) is 0. The van der Waals surface area contributed by atoms with Crippen LogP contribution in [0.25, 0.3) is 0 Å². The van der Waals surface area contributed by atoms with Gasteiger partial charge < -0.3 is 0 Å². The smallest absolute Gasteiger partial charge is 0.0626 e. The molecule has 12 radical (unpaired) electrons. The summed E-state index contributed by atoms with van der Waals surface area (Å²) in [6.07, 6.45) is 0. The summed E-state index contributed by atoms with van der Waals surface area (Å²) in [5.41, 5.74) is 0. The Morgan fingerprint density at radius 2 is 0.571 bits per heavy atom. The summed E-state index contributed by atoms with van der Waals surface area (Å²) in [6, 6.07) is 0. The first-order chi connectivity index (χ1) is 0. The summed E-state index contributed by atoms with van der Waals surface area (Å²) in [4.78, 5) is 0. The summed E-state index contributed by atoms with van der Waals surface area (Å²) < 4.78 is 0. The summed E-state index contributed by atoms with van der Waals surface area (Å²) in [5, 5.41) is 0. The molecule has 0 saturated heterocycles. The minimum absolute atomic E-state index is 0. The van der Waals surface area contributed by atoms with Crippen molar-refractivity contribution < 1.29 is 51.4 Å². The van der Waals surface area contributed by atoms with Gasteiger partial charge in [0.25, 0.3) is 0 Å². The van der Waals surface area contributed by atoms with Gasteiger partial charge in [-0.25, -0.2) is 0 Å². The van der Waals surface area contributed by atoms with Crippen LogP contribution in [-0.4, -0.2) is 53.0 Å². The van der Waals surface area contributed by atoms with Crippen molar-refractivity contribution in [3.8, 4) is 0 Å². The first-order valence-corrected chi connectivity index (χ1v) is 0. The molecule has 28 valence electrons. The van der Waals surface area contributed by atoms with E-state index in [0.717, 1.165) is 0 Å². The molecule has 0 rings (SSSR count). The van der Waals surface area contributed by atoms with Crippen LogP contribution in [0.1, 0.15) is 0 Å². The molecular formula is H8B5KSi. The molecule has 0 aromatic rings. The van der Waals surface area contributed by atoms with Gasteiger partial charge in [0.2, 0.25) is 0 Å². The van der Waals surface area contributed by atoms with E-state index in [1.807, 2.05) is 0 Å². The van der Waals surface area contributed by atoms with Crippen LogP contribution in [0.5, 0.6) is 0 Å². The zero-order chi connectivity index (χ0) is 0. The van der Waals surface area contributed by atoms with E-state index >= 15 is 0 Å². The Bertz CT molecular complexity index is 8.04. The molecule has 0 aromatic carbocycles. The maximum atomic E-state index is 0. The average Bonchev–Trinajstić information content (AvgIpc) is 0. The van der Waals surface area contributed by atoms with E-state index in [9.17, 15) is 0 Å². The van der Waals surface area contributed by atoms with Crippen LogP contribution in [-0.2, 0) is 0 Å². The fourth-order valence-corrected chi connectivity index (χ4v) is 0. The van der Waals surface area contributed by atoms with E-state index in [1.165, 1.54) is 0 Å². The Hall–Kier alpha value is 2.18. The second kappa shape index (κ2) is 88.8. The topological polar surface area (TPSA) is 0 Å². The second-order valence-electron chi connectivity index (χ2n) is 0. The molecule has 0 spiro atoms. The van der Waals surface area contributed by atoms with Crippen LogP contribution in [0, 0.1) is 0 Å². The summed E-state index contributed by atoms with van der Waals surface area (Å²) in [7, 11) is 0. The van der Waals surface area contributed by atoms with Crippen molar-refractivity contribution in [2.75, 3.05) is 0 Å². The van der Waals surface area contributed by atoms with E-state index in [2.05, 4.69) is 0 Å². The van der Waals surface area contributed by atoms with Crippen molar-refractivity contribution in [1.82, 2.24) is 0 Å². The molecule has 0 aliphatic heterocycles. The fourth-order valence-electron chi connectivity index (χ4n) is 0. The Balaban J connectivity index is 0. The van der Waals surface area contributed by atoms with Crippen molar-refractivity contribution in [1.29, 1.82) is 0 Å². The molecule has 0 aromatic heterocycles. The van der Waals surface area contributed by atoms with Gasteiger partial charge in [-0.2, -0.15) is 0 Å². The first kappa shape index (κ1) is 129. The van der Waals surface area contributed by atoms with Crippen LogP contribution in [0.2, 0.25) is 0 Å². The van der Waals surface area contributed by atoms with Crippen molar-refractivity contribution >= 4 is 53.0 Å². The van der Waals surface area contributed by atoms with E-state index in [4.69, 9.17) is 0 Å². The quantitative estimate of drug-likeness (QED) is 0.285. The Kier molecular flexibility index (Phi) is 1640. The molecule has 0 unspecified atom stereocenters. The zero-order valence-electron chi connectivity index (χ0n) is 3.31. The van der Waals surface area contributed by atoms with Crippen LogP contribution in [0.4, 0.5) is 0 Å². The number of hydrogen-bond donors (Lipinski definition) is 0. The standard InChI is InChI=1S/BH4.4B.K.H4Si/h1H4;;;;;;1H4/q-1;;;;;+1;. The number of hydrogen-bond acceptors (Lipinski definition) is 0. The van der Waals surface area contributed by atoms with Gasteiger partial charge >= 0.3 is 51.4 Å². The monoisotopic (exact) mass is 130 g/mol. The Morgan fingerprint density at radius 3 is 0.571 bits per heavy atom. The first-order valence-electron chi connectivity index (χ1n) is 0. The third-order valence-electron chi connectivity index (χ3n) is 0. The third kappa shape index (κ3) is 65.8. The van der Waals surface area contributed by atoms with Gasteiger partial charge in [0, 0.05) is 33.7 Å². The molecule has 0 heterocycles. The van der Waals surface area contributed by atoms with Crippen LogP contribution < -0.4 is 51.4 Å². The second-order valence-corrected chi connectivity index (χ2v) is 0. The van der Waals surface area contributed by atoms with Gasteiger partial charge in [-0.1, -0.05) is 8.41 Å². The zero-order valence-corrected chi connectivity index (χ0v) is 6.43. The van der Waals surface area contributed by atoms with Crippen LogP contribution in [0.15, 0.2) is 0 Å². The van der Waals surface area contributed by atoms with Crippen LogP contribution >= 0.6 is 0 Å². The van der Waals surface area contributed by atoms with Crippen molar-refractivity contribution in [3.63, 3.8) is 0 Å². The minimum atomic E-state index is 0. The molecule has 0 nitrogen and oxygen atoms in total. The van der Waals surface area contributed by atoms with Crippen molar-refractivity contribution in [2.24, 2.45) is 0 Å². The van der Waals surface area contributed by atoms with Gasteiger partial charge in [-0.15, -0.1) is 0 Å². The molecular weight excluding hydrogens is 121 g/mol. The van der Waals surface area contributed by atoms with Crippen LogP contribution in [0.3, 0.4) is 0 Å². The molecule has 7 heteroatoms. The number of rotatable bonds is 0. The molecule has 7 heavy (non-hydrogen) atoms. The Labute approximate surface area is 103 Å². The van der Waals surface area contributed by atoms with Gasteiger partial charge in [-0.05, 0) is 11.0 Å². The minimum Gasteiger partial charge on any atom is -0.0626 e. The molecule has 0 bridgehead atoms. The normalized spacial score (nSPS) is 0. The van der Waals surface area contributed by atoms with Gasteiger partial charge in [0.1, 0.15) is 0 Å². The molecule has 0 aliphatic rings. The molecule has 0 N–H and O–H groups in total. The largest absolute Gasteiger partial charge is 1.00 e. The predicted molar refractivity (Wildman–Crippen MR) is 45.7 cm³/mol. The molecule has 0 aliphatic carbocycles. The Morgan fingerprint density at radius 1 is 0.571 bits per heavy atom. The maximum Gasteiger partial charge on any atom is 1.00 e. The van der Waals surface area contributed by atoms with Gasteiger partial charge in [0.05, 0.1) is 0 Å². The van der Waals surface area contributed by atoms with Crippen molar-refractivity contribution in [2.45, 2.75) is 0 Å². The fraction of sp³-hybridized carbons (Fsp3) is 0. The molecule has 0 saturated carbocycles. The SMILES string of the molecule is [BH4-].[B].[B].[B].[B].[K+].[SiH4]. The molecule has 0 atom stereocenters. The van der Waals surface area contributed by atoms with E-state index in [1.54, 1.807) is 0 Å². The molecule has 0 amide bonds.